The smallest absolute Gasteiger partial charge is 0.146 e. The summed E-state index contributed by atoms with van der Waals surface area (Å²) < 4.78 is 0. The van der Waals surface area contributed by atoms with Crippen LogP contribution in [0.2, 0.25) is 0 Å². The molecule has 0 saturated carbocycles. The molecule has 0 spiro atoms. The van der Waals surface area contributed by atoms with Gasteiger partial charge in [0.05, 0.1) is 34.0 Å². The fourth-order valence-corrected chi connectivity index (χ4v) is 18.2. The number of hydrogen-bond acceptors (Lipinski definition) is 0. The van der Waals surface area contributed by atoms with Gasteiger partial charge in [0.15, 0.2) is 0 Å². The van der Waals surface area contributed by atoms with Crippen LogP contribution < -0.4 is 5.46 Å². The Morgan fingerprint density at radius 3 is 0.917 bits per heavy atom. The average Bonchev–Trinajstić information content (AvgIpc) is 2.72. The van der Waals surface area contributed by atoms with E-state index in [1.807, 2.05) is 0 Å². The minimum atomic E-state index is -0.509. The van der Waals surface area contributed by atoms with E-state index in [4.69, 9.17) is 0 Å². The third-order valence-corrected chi connectivity index (χ3v) is 20.5. The average molecular weight is 617 g/mol. The minimum absolute atomic E-state index is 0. The van der Waals surface area contributed by atoms with Gasteiger partial charge in [-0.3, -0.25) is 0 Å². The minimum Gasteiger partial charge on any atom is -0.197 e. The molecule has 0 saturated heterocycles. The van der Waals surface area contributed by atoms with E-state index in [-0.39, 0.29) is 25.0 Å². The first-order chi connectivity index (χ1) is 16.1. The molecule has 0 fully saturated rings. The van der Waals surface area contributed by atoms with E-state index in [1.54, 1.807) is 5.46 Å². The van der Waals surface area contributed by atoms with Gasteiger partial charge in [0.1, 0.15) is 6.15 Å². The van der Waals surface area contributed by atoms with Gasteiger partial charge in [0, 0.05) is 37.1 Å². The van der Waals surface area contributed by atoms with Crippen molar-refractivity contribution in [3.05, 3.63) is 30.3 Å². The van der Waals surface area contributed by atoms with Crippen molar-refractivity contribution in [2.24, 2.45) is 0 Å². The maximum atomic E-state index is 2.53. The molecule has 0 aromatic heterocycles. The molecule has 0 aliphatic carbocycles. The second-order valence-electron chi connectivity index (χ2n) is 13.7. The van der Waals surface area contributed by atoms with Crippen molar-refractivity contribution in [2.45, 2.75) is 117 Å². The Bertz CT molecular complexity index is 580. The van der Waals surface area contributed by atoms with E-state index in [2.05, 4.69) is 133 Å². The zero-order chi connectivity index (χ0) is 27.5. The standard InChI is InChI=1S/C27H53BP3.C3H9P.Fe/c1-21(2)29(22(3)4)18-28(27-16-14-13-15-17-27,19-30(23(5)6)24(7)8)20-31(25(9)10)26(11)12;1-4(2)3;/h13-17,21-26H,18-20H2,1-12H3;1-3H3;/q-1;;/p+4. The molecule has 0 amide bonds. The van der Waals surface area contributed by atoms with Crippen LogP contribution in [0, 0.1) is 0 Å². The number of benzene rings is 1. The van der Waals surface area contributed by atoms with E-state index in [0.717, 1.165) is 34.0 Å². The summed E-state index contributed by atoms with van der Waals surface area (Å²) in [5.41, 5.74) is 6.89. The van der Waals surface area contributed by atoms with Gasteiger partial charge >= 0.3 is 0 Å². The molecule has 1 aromatic rings. The van der Waals surface area contributed by atoms with Crippen molar-refractivity contribution in [1.29, 1.82) is 0 Å². The van der Waals surface area contributed by atoms with E-state index in [0.29, 0.717) is 0 Å². The molecule has 0 N–H and O–H groups in total. The molecular weight excluding hydrogens is 551 g/mol. The largest absolute Gasteiger partial charge is 0.197 e. The molecule has 0 unspecified atom stereocenters. The monoisotopic (exact) mass is 617 g/mol. The summed E-state index contributed by atoms with van der Waals surface area (Å²) in [6.45, 7) is 37.1. The molecular formula is C30H66BFeP4+3. The summed E-state index contributed by atoms with van der Waals surface area (Å²) in [5.74, 6) is 0. The number of rotatable bonds is 13. The summed E-state index contributed by atoms with van der Waals surface area (Å²) >= 11 is 0. The maximum absolute atomic E-state index is 2.53. The second-order valence-corrected chi connectivity index (χ2v) is 28.3. The normalized spacial score (nSPS) is 12.7. The predicted octanol–water partition coefficient (Wildman–Crippen LogP) is 9.14. The van der Waals surface area contributed by atoms with Gasteiger partial charge in [-0.1, -0.05) is 48.5 Å². The van der Waals surface area contributed by atoms with Gasteiger partial charge in [0.2, 0.25) is 0 Å². The van der Waals surface area contributed by atoms with E-state index >= 15 is 0 Å². The van der Waals surface area contributed by atoms with Gasteiger partial charge in [0.25, 0.3) is 0 Å². The van der Waals surface area contributed by atoms with Crippen molar-refractivity contribution in [3.63, 3.8) is 0 Å². The molecule has 36 heavy (non-hydrogen) atoms. The first-order valence-electron chi connectivity index (χ1n) is 14.6. The molecule has 214 valence electrons. The van der Waals surface area contributed by atoms with Gasteiger partial charge in [-0.15, -0.1) is 0 Å². The quantitative estimate of drug-likeness (QED) is 0.153. The summed E-state index contributed by atoms with van der Waals surface area (Å²) in [6.07, 6.45) is -0.509. The molecule has 0 atom stereocenters. The van der Waals surface area contributed by atoms with E-state index in [9.17, 15) is 0 Å². The summed E-state index contributed by atoms with van der Waals surface area (Å²) in [7, 11) is -1.12. The van der Waals surface area contributed by atoms with Crippen LogP contribution in [0.3, 0.4) is 0 Å². The molecule has 1 rings (SSSR count). The molecule has 0 aliphatic heterocycles. The Morgan fingerprint density at radius 1 is 0.500 bits per heavy atom. The molecule has 1 aromatic carbocycles. The van der Waals surface area contributed by atoms with Crippen LogP contribution in [0.5, 0.6) is 0 Å². The van der Waals surface area contributed by atoms with Gasteiger partial charge in [-0.25, -0.2) is 0 Å². The first kappa shape index (κ1) is 39.7. The summed E-state index contributed by atoms with van der Waals surface area (Å²) in [5, 5.41) is 0. The Balaban J connectivity index is 0. The fraction of sp³-hybridized carbons (Fsp3) is 0.800. The van der Waals surface area contributed by atoms with Gasteiger partial charge in [-0.2, -0.15) is 5.46 Å². The van der Waals surface area contributed by atoms with Crippen LogP contribution in [-0.2, 0) is 17.1 Å². The fourth-order valence-electron chi connectivity index (χ4n) is 6.20. The molecule has 0 nitrogen and oxygen atoms in total. The van der Waals surface area contributed by atoms with Crippen molar-refractivity contribution in [2.75, 3.05) is 38.2 Å². The third-order valence-electron chi connectivity index (χ3n) is 7.84. The SMILES string of the molecule is CC(C)[PH+](C[B-](C[PH+](C(C)C)C(C)C)(C[PH+](C(C)C)C(C)C)c1ccccc1)C(C)C.C[PH+](C)C.[Fe]. The molecule has 6 heteroatoms. The van der Waals surface area contributed by atoms with Crippen LogP contribution in [0.4, 0.5) is 0 Å². The van der Waals surface area contributed by atoms with Crippen molar-refractivity contribution in [1.82, 2.24) is 0 Å². The van der Waals surface area contributed by atoms with Crippen LogP contribution in [-0.4, -0.2) is 78.3 Å². The second kappa shape index (κ2) is 19.6. The van der Waals surface area contributed by atoms with Crippen molar-refractivity contribution < 1.29 is 17.1 Å². The Hall–Kier alpha value is 1.52. The topological polar surface area (TPSA) is 0 Å². The van der Waals surface area contributed by atoms with Gasteiger partial charge < -0.3 is 0 Å². The van der Waals surface area contributed by atoms with E-state index in [1.165, 1.54) is 18.2 Å². The van der Waals surface area contributed by atoms with Crippen LogP contribution in [0.1, 0.15) is 83.1 Å². The van der Waals surface area contributed by atoms with Crippen LogP contribution in [0.15, 0.2) is 30.3 Å². The molecule has 0 heterocycles. The van der Waals surface area contributed by atoms with Crippen LogP contribution >= 0.6 is 31.7 Å². The Morgan fingerprint density at radius 2 is 0.722 bits per heavy atom. The molecule has 0 aliphatic rings. The molecule has 0 radical (unpaired) electrons. The Labute approximate surface area is 244 Å². The zero-order valence-electron chi connectivity index (χ0n) is 26.9. The number of hydrogen-bond donors (Lipinski definition) is 0. The Kier molecular flexibility index (Phi) is 21.6. The first-order valence-corrected chi connectivity index (χ1v) is 23.2. The van der Waals surface area contributed by atoms with Gasteiger partial charge in [-0.05, 0) is 115 Å². The van der Waals surface area contributed by atoms with E-state index < -0.39 is 29.9 Å². The molecule has 0 bridgehead atoms. The summed E-state index contributed by atoms with van der Waals surface area (Å²) in [6, 6.07) is 16.5. The van der Waals surface area contributed by atoms with Crippen LogP contribution in [0.25, 0.3) is 0 Å². The predicted molar refractivity (Wildman–Crippen MR) is 188 cm³/mol. The summed E-state index contributed by atoms with van der Waals surface area (Å²) in [4.78, 5) is 0. The maximum Gasteiger partial charge on any atom is 0.146 e. The third kappa shape index (κ3) is 14.2. The van der Waals surface area contributed by atoms with Crippen molar-refractivity contribution in [3.8, 4) is 0 Å². The van der Waals surface area contributed by atoms with Crippen molar-refractivity contribution >= 4 is 43.3 Å². The zero-order valence-corrected chi connectivity index (χ0v) is 32.0.